The number of hydrogen-bond donors (Lipinski definition) is 0. The molecule has 2 heteroatoms. The third-order valence-corrected chi connectivity index (χ3v) is 19.6. The van der Waals surface area contributed by atoms with Crippen LogP contribution in [-0.4, -0.2) is 22.6 Å². The van der Waals surface area contributed by atoms with Crippen molar-refractivity contribution in [2.45, 2.75) is 104 Å². The van der Waals surface area contributed by atoms with Crippen molar-refractivity contribution in [2.75, 3.05) is 0 Å². The van der Waals surface area contributed by atoms with E-state index in [0.717, 1.165) is 46.3 Å². The fourth-order valence-electron chi connectivity index (χ4n) is 7.44. The molecule has 1 aromatic carbocycles. The van der Waals surface area contributed by atoms with Gasteiger partial charge in [-0.2, -0.15) is 13.3 Å². The third kappa shape index (κ3) is 3.86. The van der Waals surface area contributed by atoms with Crippen molar-refractivity contribution in [3.05, 3.63) is 37.6 Å². The van der Waals surface area contributed by atoms with Crippen molar-refractivity contribution in [2.24, 2.45) is 23.7 Å². The van der Waals surface area contributed by atoms with Gasteiger partial charge in [-0.1, -0.05) is 82.0 Å². The summed E-state index contributed by atoms with van der Waals surface area (Å²) >= 11 is 0. The van der Waals surface area contributed by atoms with Crippen LogP contribution in [0.3, 0.4) is 0 Å². The summed E-state index contributed by atoms with van der Waals surface area (Å²) in [6.07, 6.45) is 5.48. The minimum absolute atomic E-state index is 0.720. The highest BCUT2D eigenvalue weighted by molar-refractivity contribution is 7.91. The van der Waals surface area contributed by atoms with E-state index >= 15 is 0 Å². The Morgan fingerprint density at radius 1 is 0.567 bits per heavy atom. The molecule has 2 fully saturated rings. The fraction of sp³-hybridized carbons (Fsp3) is 0.714. The van der Waals surface area contributed by atoms with Crippen molar-refractivity contribution >= 4 is 25.1 Å². The van der Waals surface area contributed by atoms with E-state index < -0.39 is 14.5 Å². The van der Waals surface area contributed by atoms with Crippen molar-refractivity contribution in [1.82, 2.24) is 0 Å². The molecule has 4 atom stereocenters. The van der Waals surface area contributed by atoms with Gasteiger partial charge in [-0.3, -0.25) is 0 Å². The maximum absolute atomic E-state index is 5.25. The van der Waals surface area contributed by atoms with Gasteiger partial charge in [-0.25, -0.2) is 0 Å². The summed E-state index contributed by atoms with van der Waals surface area (Å²) in [5.74, 6) is 2.88. The molecule has 30 heavy (non-hydrogen) atoms. The zero-order valence-electron chi connectivity index (χ0n) is 21.1. The quantitative estimate of drug-likeness (QED) is 0.305. The molecular formula is C28H48P2. The summed E-state index contributed by atoms with van der Waals surface area (Å²) in [7, 11) is -3.03. The first-order chi connectivity index (χ1) is 14.0. The molecule has 2 heterocycles. The van der Waals surface area contributed by atoms with Crippen LogP contribution in [0, 0.1) is 37.0 Å². The monoisotopic (exact) mass is 446 g/mol. The predicted molar refractivity (Wildman–Crippen MR) is 143 cm³/mol. The molecule has 0 aliphatic carbocycles. The minimum atomic E-state index is -1.51. The molecule has 0 N–H and O–H groups in total. The highest BCUT2D eigenvalue weighted by Gasteiger charge is 2.58. The molecule has 0 aromatic heterocycles. The van der Waals surface area contributed by atoms with Gasteiger partial charge in [0.15, 0.2) is 0 Å². The van der Waals surface area contributed by atoms with Gasteiger partial charge in [-0.15, -0.1) is 0 Å². The molecule has 0 saturated carbocycles. The maximum atomic E-state index is 5.25. The van der Waals surface area contributed by atoms with E-state index in [1.54, 1.807) is 10.6 Å². The fourth-order valence-corrected chi connectivity index (χ4v) is 19.4. The standard InChI is InChI=1S/C28H48P2/c1-19(2)23-15-16-24(20(3)4)29(23,9)27-13-11-12-14-28(27)30(10)25(21(5)6)17-18-26(30)22(7)8/h11-14,19-26H,9-10,15-18H2,1-8H3/t23-,24-,25-,26-/m0/s1. The van der Waals surface area contributed by atoms with Gasteiger partial charge in [-0.05, 0) is 61.5 Å². The summed E-state index contributed by atoms with van der Waals surface area (Å²) in [5, 5.41) is 3.39. The second-order valence-corrected chi connectivity index (χ2v) is 19.1. The number of hydrogen-bond acceptors (Lipinski definition) is 0. The summed E-state index contributed by atoms with van der Waals surface area (Å²) < 4.78 is 0. The maximum Gasteiger partial charge on any atom is 0.104 e. The summed E-state index contributed by atoms with van der Waals surface area (Å²) in [5.41, 5.74) is 3.09. The molecular weight excluding hydrogens is 398 g/mol. The average Bonchev–Trinajstić information content (AvgIpc) is 3.20. The molecule has 2 saturated heterocycles. The Hall–Kier alpha value is 0.0800. The van der Waals surface area contributed by atoms with Crippen LogP contribution < -0.4 is 10.6 Å². The SMILES string of the molecule is [CH2-][P+]1(c2ccccc2[P+]2([CH2-])[C@H](C(C)C)CC[C@H]2C(C)C)[C@H](C(C)C)CC[C@H]1C(C)C. The van der Waals surface area contributed by atoms with Gasteiger partial charge in [0.1, 0.15) is 10.6 Å². The number of benzene rings is 1. The normalized spacial score (nSPS) is 30.9. The van der Waals surface area contributed by atoms with Gasteiger partial charge in [0.05, 0.1) is 22.6 Å². The first-order valence-corrected chi connectivity index (χ1v) is 16.7. The van der Waals surface area contributed by atoms with Crippen molar-refractivity contribution in [1.29, 1.82) is 0 Å². The molecule has 0 bridgehead atoms. The summed E-state index contributed by atoms with van der Waals surface area (Å²) in [6.45, 7) is 30.1. The number of rotatable bonds is 6. The first kappa shape index (κ1) is 24.7. The van der Waals surface area contributed by atoms with Crippen molar-refractivity contribution in [3.8, 4) is 0 Å². The molecule has 2 aliphatic rings. The van der Waals surface area contributed by atoms with E-state index in [1.807, 2.05) is 0 Å². The minimum Gasteiger partial charge on any atom is -0.174 e. The molecule has 0 spiro atoms. The summed E-state index contributed by atoms with van der Waals surface area (Å²) in [4.78, 5) is 0. The van der Waals surface area contributed by atoms with E-state index in [2.05, 4.69) is 79.7 Å². The Morgan fingerprint density at radius 2 is 0.800 bits per heavy atom. The Labute approximate surface area is 190 Å². The Morgan fingerprint density at radius 3 is 1.00 bits per heavy atom. The summed E-state index contributed by atoms with van der Waals surface area (Å²) in [6, 6.07) is 9.67. The molecule has 3 rings (SSSR count). The third-order valence-electron chi connectivity index (χ3n) is 8.74. The highest BCUT2D eigenvalue weighted by atomic mass is 31.2. The molecule has 0 nitrogen and oxygen atoms in total. The molecule has 1 aromatic rings. The van der Waals surface area contributed by atoms with Crippen LogP contribution in [0.4, 0.5) is 0 Å². The second kappa shape index (κ2) is 9.14. The molecule has 170 valence electrons. The molecule has 0 unspecified atom stereocenters. The lowest BCUT2D eigenvalue weighted by atomic mass is 10.0. The van der Waals surface area contributed by atoms with Crippen molar-refractivity contribution in [3.63, 3.8) is 0 Å². The van der Waals surface area contributed by atoms with Gasteiger partial charge in [0.2, 0.25) is 0 Å². The average molecular weight is 447 g/mol. The van der Waals surface area contributed by atoms with Crippen LogP contribution in [0.5, 0.6) is 0 Å². The van der Waals surface area contributed by atoms with E-state index in [1.165, 1.54) is 25.7 Å². The zero-order chi connectivity index (χ0) is 22.4. The lowest BCUT2D eigenvalue weighted by Gasteiger charge is -2.46. The van der Waals surface area contributed by atoms with Crippen LogP contribution in [0.15, 0.2) is 24.3 Å². The molecule has 2 aliphatic heterocycles. The van der Waals surface area contributed by atoms with Crippen LogP contribution in [-0.2, 0) is 0 Å². The molecule has 0 amide bonds. The van der Waals surface area contributed by atoms with E-state index in [0.29, 0.717) is 0 Å². The van der Waals surface area contributed by atoms with Crippen LogP contribution in [0.2, 0.25) is 0 Å². The second-order valence-electron chi connectivity index (χ2n) is 11.7. The van der Waals surface area contributed by atoms with Gasteiger partial charge < -0.3 is 0 Å². The predicted octanol–water partition coefficient (Wildman–Crippen LogP) is 8.24. The topological polar surface area (TPSA) is 0 Å². The largest absolute Gasteiger partial charge is 0.174 e. The Bertz CT molecular complexity index is 624. The molecule has 0 radical (unpaired) electrons. The van der Waals surface area contributed by atoms with Gasteiger partial charge >= 0.3 is 0 Å². The Balaban J connectivity index is 2.24. The van der Waals surface area contributed by atoms with Crippen molar-refractivity contribution < 1.29 is 0 Å². The highest BCUT2D eigenvalue weighted by Crippen LogP contribution is 2.78. The first-order valence-electron chi connectivity index (χ1n) is 12.5. The Kier molecular flexibility index (Phi) is 7.53. The van der Waals surface area contributed by atoms with Gasteiger partial charge in [0, 0.05) is 0 Å². The van der Waals surface area contributed by atoms with E-state index in [4.69, 9.17) is 13.3 Å². The van der Waals surface area contributed by atoms with Crippen LogP contribution >= 0.6 is 14.5 Å². The van der Waals surface area contributed by atoms with Gasteiger partial charge in [0.25, 0.3) is 0 Å². The van der Waals surface area contributed by atoms with Crippen LogP contribution in [0.25, 0.3) is 0 Å². The zero-order valence-corrected chi connectivity index (χ0v) is 22.9. The van der Waals surface area contributed by atoms with E-state index in [-0.39, 0.29) is 0 Å². The van der Waals surface area contributed by atoms with E-state index in [9.17, 15) is 0 Å². The van der Waals surface area contributed by atoms with Crippen LogP contribution in [0.1, 0.15) is 81.1 Å². The smallest absolute Gasteiger partial charge is 0.104 e. The lowest BCUT2D eigenvalue weighted by Crippen LogP contribution is -2.41. The lowest BCUT2D eigenvalue weighted by molar-refractivity contribution is 0.543.